The van der Waals surface area contributed by atoms with E-state index in [1.807, 2.05) is 0 Å². The molecule has 0 bridgehead atoms. The van der Waals surface area contributed by atoms with Gasteiger partial charge in [-0.15, -0.1) is 0 Å². The maximum atomic E-state index is 3.78. The van der Waals surface area contributed by atoms with Crippen LogP contribution in [0.3, 0.4) is 0 Å². The number of nitrogens with zero attached hydrogens (tertiary/aromatic N) is 1. The molecule has 0 fully saturated rings. The predicted molar refractivity (Wildman–Crippen MR) is 215 cm³/mol. The fraction of sp³-hybridized carbons (Fsp3) is 0.600. The first-order valence-corrected chi connectivity index (χ1v) is 19.5. The minimum atomic E-state index is 0.544. The molecule has 0 saturated heterocycles. The third-order valence-electron chi connectivity index (χ3n) is 9.91. The first kappa shape index (κ1) is 40.9. The van der Waals surface area contributed by atoms with Crippen molar-refractivity contribution in [2.45, 2.75) is 138 Å². The second kappa shape index (κ2) is 20.4. The van der Waals surface area contributed by atoms with Gasteiger partial charge in [-0.05, 0) is 85.6 Å². The Balaban J connectivity index is 1.60. The van der Waals surface area contributed by atoms with Crippen LogP contribution in [0.25, 0.3) is 0 Å². The summed E-state index contributed by atoms with van der Waals surface area (Å²) in [4.78, 5) is 2.62. The van der Waals surface area contributed by atoms with Gasteiger partial charge in [-0.25, -0.2) is 0 Å². The highest BCUT2D eigenvalue weighted by atomic mass is 15.2. The summed E-state index contributed by atoms with van der Waals surface area (Å²) in [5.41, 5.74) is 12.9. The van der Waals surface area contributed by atoms with Crippen LogP contribution in [0.4, 0.5) is 0 Å². The number of benzene rings is 3. The summed E-state index contributed by atoms with van der Waals surface area (Å²) >= 11 is 0. The van der Waals surface area contributed by atoms with Gasteiger partial charge in [0.05, 0.1) is 0 Å². The van der Waals surface area contributed by atoms with Crippen molar-refractivity contribution in [2.75, 3.05) is 39.3 Å². The lowest BCUT2D eigenvalue weighted by molar-refractivity contribution is 0.271. The molecule has 0 aliphatic rings. The molecular formula is C45H72N4. The van der Waals surface area contributed by atoms with E-state index in [1.165, 1.54) is 50.1 Å². The second-order valence-electron chi connectivity index (χ2n) is 16.3. The number of hydrogen-bond donors (Lipinski definition) is 3. The number of nitrogens with one attached hydrogen (secondary N) is 3. The Morgan fingerprint density at radius 1 is 0.347 bits per heavy atom. The number of hydrogen-bond acceptors (Lipinski definition) is 4. The van der Waals surface area contributed by atoms with E-state index < -0.39 is 0 Å². The lowest BCUT2D eigenvalue weighted by Gasteiger charge is -2.24. The third kappa shape index (κ3) is 14.0. The first-order chi connectivity index (χ1) is 23.2. The van der Waals surface area contributed by atoms with Crippen LogP contribution in [-0.4, -0.2) is 44.2 Å². The molecule has 3 N–H and O–H groups in total. The van der Waals surface area contributed by atoms with E-state index >= 15 is 0 Å². The largest absolute Gasteiger partial charge is 0.311 e. The Hall–Kier alpha value is -2.50. The molecular weight excluding hydrogens is 597 g/mol. The van der Waals surface area contributed by atoms with Crippen LogP contribution in [0.15, 0.2) is 54.6 Å². The molecule has 0 amide bonds. The summed E-state index contributed by atoms with van der Waals surface area (Å²) in [7, 11) is 0. The molecule has 0 unspecified atom stereocenters. The molecule has 4 nitrogen and oxygen atoms in total. The highest BCUT2D eigenvalue weighted by Gasteiger charge is 2.11. The Morgan fingerprint density at radius 2 is 0.551 bits per heavy atom. The van der Waals surface area contributed by atoms with Gasteiger partial charge in [-0.1, -0.05) is 138 Å². The van der Waals surface area contributed by atoms with Gasteiger partial charge < -0.3 is 16.0 Å². The summed E-state index contributed by atoms with van der Waals surface area (Å²) in [6.45, 7) is 36.3. The average molecular weight is 669 g/mol. The molecule has 0 aliphatic carbocycles. The molecule has 0 atom stereocenters. The molecule has 3 aromatic carbocycles. The first-order valence-electron chi connectivity index (χ1n) is 19.5. The topological polar surface area (TPSA) is 39.3 Å². The van der Waals surface area contributed by atoms with Gasteiger partial charge in [0.1, 0.15) is 0 Å². The van der Waals surface area contributed by atoms with Crippen molar-refractivity contribution in [3.63, 3.8) is 0 Å². The van der Waals surface area contributed by atoms with Crippen molar-refractivity contribution < 1.29 is 0 Å². The van der Waals surface area contributed by atoms with Gasteiger partial charge in [0.2, 0.25) is 0 Å². The summed E-state index contributed by atoms with van der Waals surface area (Å²) in [6, 6.07) is 21.6. The van der Waals surface area contributed by atoms with Crippen molar-refractivity contribution in [3.05, 3.63) is 105 Å². The van der Waals surface area contributed by atoms with E-state index in [-0.39, 0.29) is 0 Å². The van der Waals surface area contributed by atoms with Crippen LogP contribution in [0.5, 0.6) is 0 Å². The zero-order valence-electron chi connectivity index (χ0n) is 33.5. The van der Waals surface area contributed by atoms with Crippen LogP contribution in [0, 0.1) is 0 Å². The van der Waals surface area contributed by atoms with Crippen LogP contribution >= 0.6 is 0 Å². The van der Waals surface area contributed by atoms with E-state index in [9.17, 15) is 0 Å². The Morgan fingerprint density at radius 3 is 0.735 bits per heavy atom. The summed E-state index contributed by atoms with van der Waals surface area (Å²) < 4.78 is 0. The van der Waals surface area contributed by atoms with Crippen LogP contribution in [0.1, 0.15) is 169 Å². The van der Waals surface area contributed by atoms with Gasteiger partial charge in [-0.3, -0.25) is 4.90 Å². The molecule has 0 heterocycles. The SMILES string of the molecule is CC(C)c1cc(CNCCN(CCNCc2cc(C(C)C)cc(C(C)C)c2)CCNCc2cc(C(C)C)cc(C(C)C)c2)cc(C(C)C)c1. The van der Waals surface area contributed by atoms with E-state index in [1.54, 1.807) is 0 Å². The average Bonchev–Trinajstić information content (AvgIpc) is 3.05. The lowest BCUT2D eigenvalue weighted by atomic mass is 9.93. The Bertz CT molecular complexity index is 1150. The zero-order valence-corrected chi connectivity index (χ0v) is 33.5. The summed E-state index contributed by atoms with van der Waals surface area (Å²) in [5, 5.41) is 11.3. The lowest BCUT2D eigenvalue weighted by Crippen LogP contribution is -2.40. The molecule has 0 spiro atoms. The minimum absolute atomic E-state index is 0.544. The van der Waals surface area contributed by atoms with Gasteiger partial charge in [0, 0.05) is 58.9 Å². The molecule has 0 aliphatic heterocycles. The molecule has 49 heavy (non-hydrogen) atoms. The fourth-order valence-corrected chi connectivity index (χ4v) is 6.29. The minimum Gasteiger partial charge on any atom is -0.311 e. The normalized spacial score (nSPS) is 12.3. The smallest absolute Gasteiger partial charge is 0.0206 e. The predicted octanol–water partition coefficient (Wildman–Crippen LogP) is 10.4. The maximum Gasteiger partial charge on any atom is 0.0206 e. The third-order valence-corrected chi connectivity index (χ3v) is 9.91. The van der Waals surface area contributed by atoms with E-state index in [2.05, 4.69) is 159 Å². The molecule has 0 radical (unpaired) electrons. The zero-order chi connectivity index (χ0) is 36.1. The van der Waals surface area contributed by atoms with Crippen LogP contribution in [0.2, 0.25) is 0 Å². The molecule has 272 valence electrons. The number of rotatable bonds is 21. The standard InChI is InChI=1S/C45H72N4/c1-31(2)40-19-37(20-41(25-40)32(3)4)28-46-13-16-49(17-14-47-29-38-21-42(33(5)6)26-43(22-38)34(7)8)18-15-48-30-39-23-44(35(9)10)27-45(24-39)36(11)12/h19-27,31-36,46-48H,13-18,28-30H2,1-12H3. The van der Waals surface area contributed by atoms with E-state index in [0.29, 0.717) is 35.5 Å². The monoisotopic (exact) mass is 669 g/mol. The van der Waals surface area contributed by atoms with Gasteiger partial charge >= 0.3 is 0 Å². The highest BCUT2D eigenvalue weighted by molar-refractivity contribution is 5.35. The van der Waals surface area contributed by atoms with Crippen LogP contribution in [-0.2, 0) is 19.6 Å². The van der Waals surface area contributed by atoms with Crippen molar-refractivity contribution in [1.29, 1.82) is 0 Å². The summed E-state index contributed by atoms with van der Waals surface area (Å²) in [6.07, 6.45) is 0. The van der Waals surface area contributed by atoms with Gasteiger partial charge in [-0.2, -0.15) is 0 Å². The Kier molecular flexibility index (Phi) is 17.0. The van der Waals surface area contributed by atoms with Crippen molar-refractivity contribution >= 4 is 0 Å². The van der Waals surface area contributed by atoms with Crippen LogP contribution < -0.4 is 16.0 Å². The van der Waals surface area contributed by atoms with Gasteiger partial charge in [0.15, 0.2) is 0 Å². The van der Waals surface area contributed by atoms with Crippen molar-refractivity contribution in [2.24, 2.45) is 0 Å². The van der Waals surface area contributed by atoms with Gasteiger partial charge in [0.25, 0.3) is 0 Å². The van der Waals surface area contributed by atoms with E-state index in [0.717, 1.165) is 58.9 Å². The molecule has 3 aromatic rings. The Labute approximate surface area is 302 Å². The highest BCUT2D eigenvalue weighted by Crippen LogP contribution is 2.26. The molecule has 4 heteroatoms. The molecule has 3 rings (SSSR count). The summed E-state index contributed by atoms with van der Waals surface area (Å²) in [5.74, 6) is 3.26. The van der Waals surface area contributed by atoms with E-state index in [4.69, 9.17) is 0 Å². The quantitative estimate of drug-likeness (QED) is 0.0988. The maximum absolute atomic E-state index is 3.78. The fourth-order valence-electron chi connectivity index (χ4n) is 6.29. The van der Waals surface area contributed by atoms with Crippen molar-refractivity contribution in [1.82, 2.24) is 20.9 Å². The molecule has 0 saturated carbocycles. The molecule has 0 aromatic heterocycles. The van der Waals surface area contributed by atoms with Crippen molar-refractivity contribution in [3.8, 4) is 0 Å². The second-order valence-corrected chi connectivity index (χ2v) is 16.3.